The molecule has 0 atom stereocenters. The van der Waals surface area contributed by atoms with E-state index in [-0.39, 0.29) is 4.74 Å². The molecule has 0 saturated heterocycles. The molecule has 0 aliphatic rings. The minimum absolute atomic E-state index is 0.0400. The second-order valence-electron chi connectivity index (χ2n) is 5.45. The van der Waals surface area contributed by atoms with E-state index < -0.39 is 5.97 Å². The second kappa shape index (κ2) is 6.13. The number of carbonyl (C=O) groups excluding carboxylic acids is 1. The Kier molecular flexibility index (Phi) is 3.94. The molecular weight excluding hydrogens is 404 g/mol. The van der Waals surface area contributed by atoms with Crippen LogP contribution in [-0.2, 0) is 4.74 Å². The maximum Gasteiger partial charge on any atom is 0.337 e. The Hall–Kier alpha value is -2.44. The third kappa shape index (κ3) is 2.77. The van der Waals surface area contributed by atoms with Crippen molar-refractivity contribution in [3.8, 4) is 11.3 Å². The number of carbonyl (C=O) groups is 1. The highest BCUT2D eigenvalue weighted by atomic mass is 79.9. The summed E-state index contributed by atoms with van der Waals surface area (Å²) < 4.78 is 12.4. The quantitative estimate of drug-likeness (QED) is 0.421. The van der Waals surface area contributed by atoms with Crippen molar-refractivity contribution in [1.29, 1.82) is 0 Å². The van der Waals surface area contributed by atoms with Crippen LogP contribution in [0.4, 0.5) is 0 Å². The number of furan rings is 1. The van der Waals surface area contributed by atoms with E-state index in [4.69, 9.17) is 9.15 Å². The van der Waals surface area contributed by atoms with Gasteiger partial charge in [-0.1, -0.05) is 39.4 Å². The van der Waals surface area contributed by atoms with Gasteiger partial charge in [0.25, 0.3) is 0 Å². The van der Waals surface area contributed by atoms with Gasteiger partial charge < -0.3 is 9.15 Å². The maximum absolute atomic E-state index is 12.4. The third-order valence-corrected chi connectivity index (χ3v) is 5.39. The van der Waals surface area contributed by atoms with E-state index in [0.29, 0.717) is 22.3 Å². The Labute approximate surface area is 154 Å². The Morgan fingerprint density at radius 2 is 1.84 bits per heavy atom. The molecule has 0 aliphatic heterocycles. The van der Waals surface area contributed by atoms with E-state index in [1.165, 1.54) is 18.4 Å². The Morgan fingerprint density at radius 3 is 2.56 bits per heavy atom. The SMILES string of the molecule is COC(=O)c1ccc(-c2cc3c(=O)sc4cc(Br)ccc4c3o2)cc1. The van der Waals surface area contributed by atoms with Crippen molar-refractivity contribution in [3.63, 3.8) is 0 Å². The molecule has 4 rings (SSSR count). The van der Waals surface area contributed by atoms with Gasteiger partial charge in [-0.3, -0.25) is 4.79 Å². The van der Waals surface area contributed by atoms with E-state index in [1.807, 2.05) is 18.2 Å². The van der Waals surface area contributed by atoms with Crippen LogP contribution in [0.3, 0.4) is 0 Å². The van der Waals surface area contributed by atoms with Crippen molar-refractivity contribution in [3.05, 3.63) is 68.1 Å². The molecule has 6 heteroatoms. The van der Waals surface area contributed by atoms with Crippen molar-refractivity contribution >= 4 is 54.3 Å². The van der Waals surface area contributed by atoms with Gasteiger partial charge in [0.2, 0.25) is 4.74 Å². The Morgan fingerprint density at radius 1 is 1.08 bits per heavy atom. The number of hydrogen-bond donors (Lipinski definition) is 0. The molecule has 2 aromatic carbocycles. The molecule has 25 heavy (non-hydrogen) atoms. The fraction of sp³-hybridized carbons (Fsp3) is 0.0526. The van der Waals surface area contributed by atoms with E-state index in [1.54, 1.807) is 30.3 Å². The average Bonchev–Trinajstić information content (AvgIpc) is 3.07. The third-order valence-electron chi connectivity index (χ3n) is 3.93. The summed E-state index contributed by atoms with van der Waals surface area (Å²) in [6.07, 6.45) is 0. The van der Waals surface area contributed by atoms with E-state index in [0.717, 1.165) is 20.1 Å². The zero-order valence-electron chi connectivity index (χ0n) is 13.0. The molecule has 0 amide bonds. The standard InChI is InChI=1S/C19H11BrO4S/c1-23-18(21)11-4-2-10(3-5-11)15-9-14-17(24-15)13-7-6-12(20)8-16(13)25-19(14)22/h2-9H,1H3. The van der Waals surface area contributed by atoms with Crippen LogP contribution in [0.2, 0.25) is 0 Å². The Balaban J connectivity index is 1.89. The van der Waals surface area contributed by atoms with Crippen LogP contribution in [0.25, 0.3) is 32.4 Å². The van der Waals surface area contributed by atoms with Crippen molar-refractivity contribution in [2.45, 2.75) is 0 Å². The minimum Gasteiger partial charge on any atom is -0.465 e. The smallest absolute Gasteiger partial charge is 0.337 e. The monoisotopic (exact) mass is 414 g/mol. The van der Waals surface area contributed by atoms with Crippen LogP contribution in [0, 0.1) is 0 Å². The highest BCUT2D eigenvalue weighted by Gasteiger charge is 2.14. The molecule has 0 N–H and O–H groups in total. The fourth-order valence-corrected chi connectivity index (χ4v) is 4.13. The van der Waals surface area contributed by atoms with Crippen molar-refractivity contribution in [2.75, 3.05) is 7.11 Å². The second-order valence-corrected chi connectivity index (χ2v) is 7.38. The number of hydrogen-bond acceptors (Lipinski definition) is 5. The van der Waals surface area contributed by atoms with Gasteiger partial charge in [-0.15, -0.1) is 0 Å². The topological polar surface area (TPSA) is 56.5 Å². The van der Waals surface area contributed by atoms with Crippen LogP contribution in [0.15, 0.2) is 62.2 Å². The van der Waals surface area contributed by atoms with Gasteiger partial charge >= 0.3 is 5.97 Å². The van der Waals surface area contributed by atoms with Gasteiger partial charge in [-0.25, -0.2) is 4.79 Å². The predicted molar refractivity (Wildman–Crippen MR) is 102 cm³/mol. The zero-order chi connectivity index (χ0) is 17.6. The van der Waals surface area contributed by atoms with Crippen LogP contribution < -0.4 is 4.74 Å². The van der Waals surface area contributed by atoms with Gasteiger partial charge in [0.1, 0.15) is 11.3 Å². The first-order valence-electron chi connectivity index (χ1n) is 7.41. The number of methoxy groups -OCH3 is 1. The summed E-state index contributed by atoms with van der Waals surface area (Å²) in [4.78, 5) is 23.9. The summed E-state index contributed by atoms with van der Waals surface area (Å²) in [5, 5.41) is 1.46. The highest BCUT2D eigenvalue weighted by Crippen LogP contribution is 2.33. The molecule has 0 spiro atoms. The van der Waals surface area contributed by atoms with Crippen molar-refractivity contribution in [1.82, 2.24) is 0 Å². The van der Waals surface area contributed by atoms with Gasteiger partial charge in [0.05, 0.1) is 18.1 Å². The lowest BCUT2D eigenvalue weighted by Crippen LogP contribution is -2.00. The van der Waals surface area contributed by atoms with E-state index >= 15 is 0 Å². The molecule has 0 fully saturated rings. The van der Waals surface area contributed by atoms with Crippen LogP contribution in [-0.4, -0.2) is 13.1 Å². The molecule has 0 bridgehead atoms. The number of esters is 1. The molecular formula is C19H11BrO4S. The first kappa shape index (κ1) is 16.1. The van der Waals surface area contributed by atoms with Gasteiger partial charge in [0, 0.05) is 20.1 Å². The lowest BCUT2D eigenvalue weighted by molar-refractivity contribution is 0.0601. The molecule has 4 nitrogen and oxygen atoms in total. The lowest BCUT2D eigenvalue weighted by atomic mass is 10.1. The van der Waals surface area contributed by atoms with Crippen molar-refractivity contribution in [2.24, 2.45) is 0 Å². The van der Waals surface area contributed by atoms with Gasteiger partial charge in [-0.05, 0) is 36.4 Å². The van der Waals surface area contributed by atoms with Crippen LogP contribution >= 0.6 is 27.3 Å². The van der Waals surface area contributed by atoms with Crippen LogP contribution in [0.1, 0.15) is 10.4 Å². The largest absolute Gasteiger partial charge is 0.465 e. The number of rotatable bonds is 2. The molecule has 2 aromatic heterocycles. The van der Waals surface area contributed by atoms with Gasteiger partial charge in [0.15, 0.2) is 0 Å². The lowest BCUT2D eigenvalue weighted by Gasteiger charge is -2.00. The zero-order valence-corrected chi connectivity index (χ0v) is 15.4. The van der Waals surface area contributed by atoms with Crippen LogP contribution in [0.5, 0.6) is 0 Å². The Bertz CT molecular complexity index is 1170. The molecule has 124 valence electrons. The summed E-state index contributed by atoms with van der Waals surface area (Å²) in [5.74, 6) is 0.197. The summed E-state index contributed by atoms with van der Waals surface area (Å²) in [7, 11) is 1.34. The maximum atomic E-state index is 12.4. The molecule has 0 aliphatic carbocycles. The molecule has 0 saturated carbocycles. The summed E-state index contributed by atoms with van der Waals surface area (Å²) in [5.41, 5.74) is 1.83. The fourth-order valence-electron chi connectivity index (χ4n) is 2.70. The number of fused-ring (bicyclic) bond motifs is 3. The molecule has 0 unspecified atom stereocenters. The minimum atomic E-state index is -0.392. The summed E-state index contributed by atoms with van der Waals surface area (Å²) >= 11 is 4.62. The number of ether oxygens (including phenoxy) is 1. The number of benzene rings is 2. The number of halogens is 1. The summed E-state index contributed by atoms with van der Waals surface area (Å²) in [6.45, 7) is 0. The van der Waals surface area contributed by atoms with E-state index in [9.17, 15) is 9.59 Å². The average molecular weight is 415 g/mol. The predicted octanol–water partition coefficient (Wildman–Crippen LogP) is 5.22. The first-order valence-corrected chi connectivity index (χ1v) is 9.02. The van der Waals surface area contributed by atoms with E-state index in [2.05, 4.69) is 15.9 Å². The highest BCUT2D eigenvalue weighted by molar-refractivity contribution is 9.10. The van der Waals surface area contributed by atoms with Gasteiger partial charge in [-0.2, -0.15) is 0 Å². The normalized spacial score (nSPS) is 11.1. The molecule has 0 radical (unpaired) electrons. The first-order chi connectivity index (χ1) is 12.1. The molecule has 4 aromatic rings. The van der Waals surface area contributed by atoms with Crippen molar-refractivity contribution < 1.29 is 13.9 Å². The summed E-state index contributed by atoms with van der Waals surface area (Å²) in [6, 6.07) is 14.4. The molecule has 2 heterocycles.